The highest BCUT2D eigenvalue weighted by Gasteiger charge is 2.19. The van der Waals surface area contributed by atoms with Crippen molar-refractivity contribution in [2.45, 2.75) is 53.4 Å². The Labute approximate surface area is 93.0 Å². The molecule has 2 heteroatoms. The molecule has 0 saturated heterocycles. The normalized spacial score (nSPS) is 11.7. The highest BCUT2D eigenvalue weighted by molar-refractivity contribution is 7.99. The number of hydrogen-bond donors (Lipinski definition) is 0. The molecule has 0 amide bonds. The Balaban J connectivity index is 3.33. The number of unbranched alkanes of at least 4 members (excludes halogenated alkanes) is 2. The molecule has 0 aliphatic rings. The van der Waals surface area contributed by atoms with E-state index < -0.39 is 0 Å². The molecule has 0 spiro atoms. The molecule has 0 unspecified atom stereocenters. The van der Waals surface area contributed by atoms with E-state index in [2.05, 4.69) is 6.92 Å². The summed E-state index contributed by atoms with van der Waals surface area (Å²) in [7, 11) is 0. The zero-order chi connectivity index (χ0) is 11.0. The van der Waals surface area contributed by atoms with Crippen molar-refractivity contribution in [3.8, 4) is 0 Å². The number of Topliss-reactive ketones (excluding diaryl/α,β-unsaturated/α-hetero) is 1. The summed E-state index contributed by atoms with van der Waals surface area (Å²) >= 11 is 1.99. The van der Waals surface area contributed by atoms with Crippen LogP contribution in [0.1, 0.15) is 53.4 Å². The van der Waals surface area contributed by atoms with E-state index in [1.54, 1.807) is 0 Å². The van der Waals surface area contributed by atoms with Gasteiger partial charge < -0.3 is 0 Å². The maximum Gasteiger partial charge on any atom is 0.138 e. The van der Waals surface area contributed by atoms with Crippen molar-refractivity contribution in [2.24, 2.45) is 5.41 Å². The Morgan fingerprint density at radius 3 is 2.29 bits per heavy atom. The van der Waals surface area contributed by atoms with Crippen LogP contribution in [0.4, 0.5) is 0 Å². The summed E-state index contributed by atoms with van der Waals surface area (Å²) in [6.45, 7) is 8.20. The number of carbonyl (C=O) groups excluding carboxylic acids is 1. The fourth-order valence-corrected chi connectivity index (χ4v) is 1.88. The summed E-state index contributed by atoms with van der Waals surface area (Å²) in [6, 6.07) is 0. The quantitative estimate of drug-likeness (QED) is 0.600. The fourth-order valence-electron chi connectivity index (χ4n) is 1.19. The Kier molecular flexibility index (Phi) is 7.34. The predicted octanol–water partition coefficient (Wildman–Crippen LogP) is 3.92. The Morgan fingerprint density at radius 2 is 1.79 bits per heavy atom. The van der Waals surface area contributed by atoms with Crippen LogP contribution in [0.2, 0.25) is 0 Å². The topological polar surface area (TPSA) is 17.1 Å². The molecule has 14 heavy (non-hydrogen) atoms. The second kappa shape index (κ2) is 7.33. The minimum absolute atomic E-state index is 0.141. The molecule has 0 rings (SSSR count). The molecule has 0 aliphatic carbocycles. The lowest BCUT2D eigenvalue weighted by molar-refractivity contribution is -0.126. The maximum atomic E-state index is 11.5. The lowest BCUT2D eigenvalue weighted by atomic mass is 9.88. The molecule has 1 nitrogen and oxygen atoms in total. The van der Waals surface area contributed by atoms with E-state index in [1.165, 1.54) is 24.3 Å². The molecule has 0 aromatic carbocycles. The van der Waals surface area contributed by atoms with Gasteiger partial charge in [0.05, 0.1) is 0 Å². The summed E-state index contributed by atoms with van der Waals surface area (Å²) in [5.41, 5.74) is -0.141. The van der Waals surface area contributed by atoms with Crippen molar-refractivity contribution in [1.29, 1.82) is 0 Å². The number of ketones is 1. The zero-order valence-electron chi connectivity index (χ0n) is 10.1. The summed E-state index contributed by atoms with van der Waals surface area (Å²) in [4.78, 5) is 11.5. The molecule has 84 valence electrons. The Hall–Kier alpha value is 0.0200. The summed E-state index contributed by atoms with van der Waals surface area (Å²) < 4.78 is 0. The van der Waals surface area contributed by atoms with Crippen molar-refractivity contribution < 1.29 is 4.79 Å². The van der Waals surface area contributed by atoms with E-state index in [0.29, 0.717) is 5.78 Å². The second-order valence-corrected chi connectivity index (χ2v) is 6.07. The van der Waals surface area contributed by atoms with Gasteiger partial charge in [0.15, 0.2) is 0 Å². The van der Waals surface area contributed by atoms with E-state index in [9.17, 15) is 4.79 Å². The Morgan fingerprint density at radius 1 is 1.14 bits per heavy atom. The van der Waals surface area contributed by atoms with E-state index >= 15 is 0 Å². The molecule has 0 atom stereocenters. The lowest BCUT2D eigenvalue weighted by Crippen LogP contribution is -2.19. The number of thioether (sulfide) groups is 1. The molecule has 0 heterocycles. The van der Waals surface area contributed by atoms with Crippen LogP contribution in [-0.4, -0.2) is 17.3 Å². The summed E-state index contributed by atoms with van der Waals surface area (Å²) in [5, 5.41) is 0. The summed E-state index contributed by atoms with van der Waals surface area (Å²) in [5.74, 6) is 2.86. The average molecular weight is 216 g/mol. The summed E-state index contributed by atoms with van der Waals surface area (Å²) in [6.07, 6.45) is 4.30. The molecule has 0 radical (unpaired) electrons. The molecule has 0 N–H and O–H groups in total. The van der Waals surface area contributed by atoms with Gasteiger partial charge >= 0.3 is 0 Å². The molecule has 0 saturated carbocycles. The van der Waals surface area contributed by atoms with Crippen molar-refractivity contribution in [2.75, 3.05) is 11.5 Å². The fraction of sp³-hybridized carbons (Fsp3) is 0.917. The van der Waals surface area contributed by atoms with Gasteiger partial charge in [-0.1, -0.05) is 34.1 Å². The monoisotopic (exact) mass is 216 g/mol. The molecule has 0 fully saturated rings. The third-order valence-electron chi connectivity index (χ3n) is 2.23. The third-order valence-corrected chi connectivity index (χ3v) is 3.22. The SMILES string of the molecule is CCSCCCCCC(=O)C(C)(C)C. The number of rotatable bonds is 7. The second-order valence-electron chi connectivity index (χ2n) is 4.68. The first-order valence-electron chi connectivity index (χ1n) is 5.59. The van der Waals surface area contributed by atoms with Gasteiger partial charge in [0.2, 0.25) is 0 Å². The van der Waals surface area contributed by atoms with Crippen molar-refractivity contribution in [1.82, 2.24) is 0 Å². The first-order valence-corrected chi connectivity index (χ1v) is 6.75. The van der Waals surface area contributed by atoms with Crippen molar-refractivity contribution in [3.05, 3.63) is 0 Å². The molecule has 0 bridgehead atoms. The molecular formula is C12H24OS. The maximum absolute atomic E-state index is 11.5. The minimum atomic E-state index is -0.141. The van der Waals surface area contributed by atoms with Crippen LogP contribution < -0.4 is 0 Å². The van der Waals surface area contributed by atoms with Gasteiger partial charge in [0, 0.05) is 11.8 Å². The van der Waals surface area contributed by atoms with Gasteiger partial charge in [-0.05, 0) is 24.3 Å². The van der Waals surface area contributed by atoms with Gasteiger partial charge in [0.25, 0.3) is 0 Å². The van der Waals surface area contributed by atoms with Crippen LogP contribution in [0.15, 0.2) is 0 Å². The minimum Gasteiger partial charge on any atom is -0.299 e. The van der Waals surface area contributed by atoms with Gasteiger partial charge in [-0.25, -0.2) is 0 Å². The highest BCUT2D eigenvalue weighted by atomic mass is 32.2. The lowest BCUT2D eigenvalue weighted by Gasteiger charge is -2.15. The smallest absolute Gasteiger partial charge is 0.138 e. The van der Waals surface area contributed by atoms with Gasteiger partial charge in [-0.2, -0.15) is 11.8 Å². The van der Waals surface area contributed by atoms with Crippen molar-refractivity contribution in [3.63, 3.8) is 0 Å². The van der Waals surface area contributed by atoms with E-state index in [1.807, 2.05) is 32.5 Å². The largest absolute Gasteiger partial charge is 0.299 e. The van der Waals surface area contributed by atoms with Crippen molar-refractivity contribution >= 4 is 17.5 Å². The van der Waals surface area contributed by atoms with Crippen LogP contribution >= 0.6 is 11.8 Å². The first-order chi connectivity index (χ1) is 6.48. The third kappa shape index (κ3) is 7.43. The zero-order valence-corrected chi connectivity index (χ0v) is 10.9. The number of carbonyl (C=O) groups is 1. The van der Waals surface area contributed by atoms with Crippen LogP contribution in [-0.2, 0) is 4.79 Å². The van der Waals surface area contributed by atoms with Crippen LogP contribution in [0, 0.1) is 5.41 Å². The molecular weight excluding hydrogens is 192 g/mol. The molecule has 0 aliphatic heterocycles. The number of hydrogen-bond acceptors (Lipinski definition) is 2. The van der Waals surface area contributed by atoms with E-state index in [4.69, 9.17) is 0 Å². The van der Waals surface area contributed by atoms with Gasteiger partial charge in [-0.3, -0.25) is 4.79 Å². The van der Waals surface area contributed by atoms with Gasteiger partial charge in [0.1, 0.15) is 5.78 Å². The van der Waals surface area contributed by atoms with E-state index in [0.717, 1.165) is 12.8 Å². The molecule has 0 aromatic rings. The van der Waals surface area contributed by atoms with Crippen LogP contribution in [0.25, 0.3) is 0 Å². The Bertz CT molecular complexity index is 158. The van der Waals surface area contributed by atoms with Crippen LogP contribution in [0.3, 0.4) is 0 Å². The predicted molar refractivity (Wildman–Crippen MR) is 65.9 cm³/mol. The standard InChI is InChI=1S/C12H24OS/c1-5-14-10-8-6-7-9-11(13)12(2,3)4/h5-10H2,1-4H3. The first kappa shape index (κ1) is 14.0. The highest BCUT2D eigenvalue weighted by Crippen LogP contribution is 2.18. The van der Waals surface area contributed by atoms with E-state index in [-0.39, 0.29) is 5.41 Å². The van der Waals surface area contributed by atoms with Gasteiger partial charge in [-0.15, -0.1) is 0 Å². The average Bonchev–Trinajstić information content (AvgIpc) is 2.09. The van der Waals surface area contributed by atoms with Crippen LogP contribution in [0.5, 0.6) is 0 Å². The molecule has 0 aromatic heterocycles.